The molecule has 0 radical (unpaired) electrons. The lowest BCUT2D eigenvalue weighted by Gasteiger charge is -2.52. The number of hydrogen-bond donors (Lipinski definition) is 0. The molecule has 0 atom stereocenters. The van der Waals surface area contributed by atoms with Crippen LogP contribution in [-0.4, -0.2) is 55.8 Å². The quantitative estimate of drug-likeness (QED) is 0.542. The lowest BCUT2D eigenvalue weighted by atomic mass is 9.63. The minimum Gasteiger partial charge on any atom is -0.496 e. The highest BCUT2D eigenvalue weighted by Gasteiger charge is 2.53. The average Bonchev–Trinajstić information content (AvgIpc) is 2.64. The summed E-state index contributed by atoms with van der Waals surface area (Å²) in [5, 5.41) is 0. The van der Waals surface area contributed by atoms with Gasteiger partial charge in [-0.15, -0.1) is 5.92 Å². The summed E-state index contributed by atoms with van der Waals surface area (Å²) in [5.74, 6) is 4.27. The Hall–Kier alpha value is -2.79. The minimum absolute atomic E-state index is 0.141. The second-order valence-corrected chi connectivity index (χ2v) is 7.82. The van der Waals surface area contributed by atoms with Gasteiger partial charge in [0.1, 0.15) is 29.8 Å². The summed E-state index contributed by atoms with van der Waals surface area (Å²) >= 11 is 0. The van der Waals surface area contributed by atoms with E-state index in [4.69, 9.17) is 4.74 Å². The Labute approximate surface area is 173 Å². The number of rotatable bonds is 5. The fourth-order valence-electron chi connectivity index (χ4n) is 4.42. The monoisotopic (exact) mass is 419 g/mol. The fraction of sp³-hybridized carbons (Fsp3) is 0.500. The standard InChI is InChI=1S/C22H23F2NO5/c1-4-5-14-6-13(2)19(17(7-14)29-3)20-15(26)8-22(9-16(20)27)11-25(12-22)18(28)10-30-21(23)24/h6-7,20-21H,8-12H2,1-3H3. The molecule has 1 aromatic carbocycles. The third-order valence-electron chi connectivity index (χ3n) is 5.61. The van der Waals surface area contributed by atoms with Gasteiger partial charge in [-0.2, -0.15) is 8.78 Å². The SMILES string of the molecule is CC#Cc1cc(C)c(C2C(=O)CC3(CC2=O)CN(C(=O)COC(F)F)C3)c(OC)c1. The van der Waals surface area contributed by atoms with E-state index in [9.17, 15) is 23.2 Å². The van der Waals surface area contributed by atoms with E-state index in [0.717, 1.165) is 11.1 Å². The van der Waals surface area contributed by atoms with Crippen LogP contribution < -0.4 is 4.74 Å². The van der Waals surface area contributed by atoms with Crippen molar-refractivity contribution >= 4 is 17.5 Å². The lowest BCUT2D eigenvalue weighted by molar-refractivity contribution is -0.171. The molecule has 1 aliphatic heterocycles. The summed E-state index contributed by atoms with van der Waals surface area (Å²) in [4.78, 5) is 39.2. The molecule has 2 aliphatic rings. The molecular weight excluding hydrogens is 396 g/mol. The topological polar surface area (TPSA) is 72.9 Å². The molecule has 0 N–H and O–H groups in total. The zero-order chi connectivity index (χ0) is 22.1. The highest BCUT2D eigenvalue weighted by Crippen LogP contribution is 2.47. The number of benzene rings is 1. The van der Waals surface area contributed by atoms with Gasteiger partial charge in [0.25, 0.3) is 0 Å². The molecule has 0 aromatic heterocycles. The molecule has 1 heterocycles. The molecule has 8 heteroatoms. The molecule has 30 heavy (non-hydrogen) atoms. The van der Waals surface area contributed by atoms with Crippen LogP contribution in [0.25, 0.3) is 0 Å². The number of methoxy groups -OCH3 is 1. The predicted octanol–water partition coefficient (Wildman–Crippen LogP) is 2.46. The van der Waals surface area contributed by atoms with Crippen molar-refractivity contribution in [2.45, 2.75) is 39.2 Å². The van der Waals surface area contributed by atoms with Crippen molar-refractivity contribution in [1.82, 2.24) is 4.90 Å². The van der Waals surface area contributed by atoms with E-state index < -0.39 is 30.5 Å². The number of nitrogens with zero attached hydrogens (tertiary/aromatic N) is 1. The molecule has 2 fully saturated rings. The number of aryl methyl sites for hydroxylation is 1. The van der Waals surface area contributed by atoms with E-state index in [1.54, 1.807) is 13.0 Å². The van der Waals surface area contributed by atoms with Gasteiger partial charge < -0.3 is 14.4 Å². The number of Topliss-reactive ketones (excluding diaryl/α,β-unsaturated/α-hetero) is 2. The maximum Gasteiger partial charge on any atom is 0.345 e. The predicted molar refractivity (Wildman–Crippen MR) is 103 cm³/mol. The van der Waals surface area contributed by atoms with Gasteiger partial charge in [0.05, 0.1) is 7.11 Å². The van der Waals surface area contributed by atoms with Gasteiger partial charge in [-0.05, 0) is 31.5 Å². The van der Waals surface area contributed by atoms with Gasteiger partial charge in [-0.3, -0.25) is 14.4 Å². The highest BCUT2D eigenvalue weighted by atomic mass is 19.3. The van der Waals surface area contributed by atoms with Gasteiger partial charge in [-0.25, -0.2) is 0 Å². The van der Waals surface area contributed by atoms with E-state index >= 15 is 0 Å². The Balaban J connectivity index is 1.76. The number of carbonyl (C=O) groups excluding carboxylic acids is 3. The second kappa shape index (κ2) is 8.52. The summed E-state index contributed by atoms with van der Waals surface area (Å²) in [6.07, 6.45) is 0.282. The van der Waals surface area contributed by atoms with E-state index in [2.05, 4.69) is 16.6 Å². The molecule has 1 amide bonds. The summed E-state index contributed by atoms with van der Waals surface area (Å²) in [6, 6.07) is 3.54. The molecule has 160 valence electrons. The molecule has 3 rings (SSSR count). The first-order valence-electron chi connectivity index (χ1n) is 9.54. The van der Waals surface area contributed by atoms with Crippen LogP contribution in [0.5, 0.6) is 5.75 Å². The third-order valence-corrected chi connectivity index (χ3v) is 5.61. The molecule has 1 saturated heterocycles. The number of amides is 1. The molecule has 1 aromatic rings. The molecule has 0 bridgehead atoms. The first-order chi connectivity index (χ1) is 14.2. The largest absolute Gasteiger partial charge is 0.496 e. The number of alkyl halides is 2. The van der Waals surface area contributed by atoms with E-state index in [0.29, 0.717) is 11.3 Å². The van der Waals surface area contributed by atoms with Crippen molar-refractivity contribution in [3.8, 4) is 17.6 Å². The number of ether oxygens (including phenoxy) is 2. The summed E-state index contributed by atoms with van der Waals surface area (Å²) < 4.78 is 33.7. The van der Waals surface area contributed by atoms with Crippen molar-refractivity contribution < 1.29 is 32.6 Å². The van der Waals surface area contributed by atoms with Crippen LogP contribution >= 0.6 is 0 Å². The van der Waals surface area contributed by atoms with E-state index in [1.165, 1.54) is 12.0 Å². The minimum atomic E-state index is -3.02. The first-order valence-corrected chi connectivity index (χ1v) is 9.54. The number of carbonyl (C=O) groups is 3. The molecule has 1 aliphatic carbocycles. The van der Waals surface area contributed by atoms with Gasteiger partial charge in [0, 0.05) is 42.5 Å². The smallest absolute Gasteiger partial charge is 0.345 e. The van der Waals surface area contributed by atoms with Crippen molar-refractivity contribution in [2.24, 2.45) is 5.41 Å². The molecular formula is C22H23F2NO5. The number of likely N-dealkylation sites (tertiary alicyclic amines) is 1. The summed E-state index contributed by atoms with van der Waals surface area (Å²) in [5.41, 5.74) is 1.42. The zero-order valence-electron chi connectivity index (χ0n) is 17.1. The zero-order valence-corrected chi connectivity index (χ0v) is 17.1. The van der Waals surface area contributed by atoms with Crippen molar-refractivity contribution in [1.29, 1.82) is 0 Å². The summed E-state index contributed by atoms with van der Waals surface area (Å²) in [6.45, 7) is 0.164. The fourth-order valence-corrected chi connectivity index (χ4v) is 4.42. The lowest BCUT2D eigenvalue weighted by Crippen LogP contribution is -2.62. The van der Waals surface area contributed by atoms with Crippen LogP contribution in [0.4, 0.5) is 8.78 Å². The Morgan fingerprint density at radius 2 is 1.90 bits per heavy atom. The molecule has 1 spiro atoms. The third kappa shape index (κ3) is 4.21. The van der Waals surface area contributed by atoms with Crippen molar-refractivity contribution in [3.05, 3.63) is 28.8 Å². The maximum absolute atomic E-state index is 13.0. The van der Waals surface area contributed by atoms with E-state index in [1.807, 2.05) is 13.0 Å². The normalized spacial score (nSPS) is 18.3. The van der Waals surface area contributed by atoms with Crippen LogP contribution in [0, 0.1) is 24.2 Å². The maximum atomic E-state index is 13.0. The van der Waals surface area contributed by atoms with Gasteiger partial charge in [-0.1, -0.05) is 5.92 Å². The van der Waals surface area contributed by atoms with E-state index in [-0.39, 0.29) is 37.5 Å². The van der Waals surface area contributed by atoms with Crippen molar-refractivity contribution in [3.63, 3.8) is 0 Å². The first kappa shape index (κ1) is 21.9. The molecule has 0 unspecified atom stereocenters. The highest BCUT2D eigenvalue weighted by molar-refractivity contribution is 6.11. The van der Waals surface area contributed by atoms with Crippen LogP contribution in [-0.2, 0) is 19.1 Å². The second-order valence-electron chi connectivity index (χ2n) is 7.82. The molecule has 1 saturated carbocycles. The van der Waals surface area contributed by atoms with Crippen LogP contribution in [0.2, 0.25) is 0 Å². The van der Waals surface area contributed by atoms with Gasteiger partial charge in [0.2, 0.25) is 5.91 Å². The Bertz CT molecular complexity index is 921. The van der Waals surface area contributed by atoms with Gasteiger partial charge >= 0.3 is 6.61 Å². The van der Waals surface area contributed by atoms with Crippen LogP contribution in [0.3, 0.4) is 0 Å². The Kier molecular flexibility index (Phi) is 6.22. The number of ketones is 2. The summed E-state index contributed by atoms with van der Waals surface area (Å²) in [7, 11) is 1.48. The van der Waals surface area contributed by atoms with Crippen molar-refractivity contribution in [2.75, 3.05) is 26.8 Å². The Morgan fingerprint density at radius 1 is 1.27 bits per heavy atom. The number of hydrogen-bond acceptors (Lipinski definition) is 5. The van der Waals surface area contributed by atoms with Gasteiger partial charge in [0.15, 0.2) is 0 Å². The average molecular weight is 419 g/mol. The van der Waals surface area contributed by atoms with Crippen LogP contribution in [0.15, 0.2) is 12.1 Å². The van der Waals surface area contributed by atoms with Crippen LogP contribution in [0.1, 0.15) is 42.4 Å². The number of halogens is 2. The Morgan fingerprint density at radius 3 is 2.43 bits per heavy atom. The molecule has 6 nitrogen and oxygen atoms in total.